The largest absolute Gasteiger partial charge is 0.387 e. The first kappa shape index (κ1) is 13.0. The monoisotopic (exact) mass is 258 g/mol. The van der Waals surface area contributed by atoms with Crippen LogP contribution in [0.25, 0.3) is 0 Å². The Morgan fingerprint density at radius 1 is 1.11 bits per heavy atom. The Labute approximate surface area is 110 Å². The normalized spacial score (nSPS) is 11.8. The van der Waals surface area contributed by atoms with Crippen molar-refractivity contribution in [3.8, 4) is 0 Å². The smallest absolute Gasteiger partial charge is 0.292 e. The van der Waals surface area contributed by atoms with Crippen LogP contribution in [0.15, 0.2) is 54.6 Å². The van der Waals surface area contributed by atoms with Gasteiger partial charge in [-0.25, -0.2) is 0 Å². The van der Waals surface area contributed by atoms with Crippen LogP contribution < -0.4 is 5.32 Å². The van der Waals surface area contributed by atoms with Gasteiger partial charge in [0.1, 0.15) is 5.69 Å². The van der Waals surface area contributed by atoms with Crippen LogP contribution in [0.3, 0.4) is 0 Å². The number of nitrogens with zero attached hydrogens (tertiary/aromatic N) is 1. The summed E-state index contributed by atoms with van der Waals surface area (Å²) in [6, 6.07) is 15.5. The van der Waals surface area contributed by atoms with E-state index in [2.05, 4.69) is 5.32 Å². The third-order valence-corrected chi connectivity index (χ3v) is 2.77. The molecule has 1 atom stereocenters. The van der Waals surface area contributed by atoms with E-state index in [1.807, 2.05) is 30.3 Å². The van der Waals surface area contributed by atoms with E-state index in [0.717, 1.165) is 5.56 Å². The van der Waals surface area contributed by atoms with Crippen LogP contribution in [0.2, 0.25) is 0 Å². The van der Waals surface area contributed by atoms with E-state index >= 15 is 0 Å². The van der Waals surface area contributed by atoms with Crippen LogP contribution >= 0.6 is 0 Å². The van der Waals surface area contributed by atoms with E-state index in [4.69, 9.17) is 0 Å². The molecule has 2 aromatic rings. The Morgan fingerprint density at radius 3 is 2.42 bits per heavy atom. The molecular weight excluding hydrogens is 244 g/mol. The lowest BCUT2D eigenvalue weighted by Gasteiger charge is -2.13. The predicted molar refractivity (Wildman–Crippen MR) is 73.0 cm³/mol. The molecule has 2 N–H and O–H groups in total. The highest BCUT2D eigenvalue weighted by molar-refractivity contribution is 5.61. The zero-order chi connectivity index (χ0) is 13.7. The molecule has 0 bridgehead atoms. The first-order valence-corrected chi connectivity index (χ1v) is 5.89. The van der Waals surface area contributed by atoms with E-state index in [1.54, 1.807) is 18.2 Å². The van der Waals surface area contributed by atoms with E-state index in [9.17, 15) is 15.2 Å². The van der Waals surface area contributed by atoms with Crippen molar-refractivity contribution in [1.82, 2.24) is 0 Å². The quantitative estimate of drug-likeness (QED) is 0.638. The Hall–Kier alpha value is -2.40. The third kappa shape index (κ3) is 3.29. The summed E-state index contributed by atoms with van der Waals surface area (Å²) in [4.78, 5) is 10.4. The van der Waals surface area contributed by atoms with Gasteiger partial charge >= 0.3 is 0 Å². The molecular formula is C14H14N2O3. The number of aliphatic hydroxyl groups is 1. The molecule has 0 heterocycles. The summed E-state index contributed by atoms with van der Waals surface area (Å²) in [6.45, 7) is 0.217. The van der Waals surface area contributed by atoms with Gasteiger partial charge in [0.25, 0.3) is 5.69 Å². The number of anilines is 1. The summed E-state index contributed by atoms with van der Waals surface area (Å²) in [7, 11) is 0. The van der Waals surface area contributed by atoms with Gasteiger partial charge in [0.15, 0.2) is 0 Å². The lowest BCUT2D eigenvalue weighted by atomic mass is 10.1. The first-order chi connectivity index (χ1) is 9.18. The lowest BCUT2D eigenvalue weighted by molar-refractivity contribution is -0.384. The van der Waals surface area contributed by atoms with Gasteiger partial charge < -0.3 is 10.4 Å². The second-order valence-corrected chi connectivity index (χ2v) is 4.08. The van der Waals surface area contributed by atoms with Crippen molar-refractivity contribution in [2.24, 2.45) is 0 Å². The molecule has 0 fully saturated rings. The number of nitro benzene ring substituents is 1. The molecule has 0 aromatic heterocycles. The number of aliphatic hydroxyl groups excluding tert-OH is 1. The lowest BCUT2D eigenvalue weighted by Crippen LogP contribution is -2.12. The van der Waals surface area contributed by atoms with Crippen LogP contribution in [0.1, 0.15) is 11.7 Å². The van der Waals surface area contributed by atoms with E-state index < -0.39 is 11.0 Å². The molecule has 0 aliphatic rings. The summed E-state index contributed by atoms with van der Waals surface area (Å²) in [5.41, 5.74) is 1.18. The molecule has 1 unspecified atom stereocenters. The average Bonchev–Trinajstić information content (AvgIpc) is 2.46. The van der Waals surface area contributed by atoms with Crippen molar-refractivity contribution in [2.75, 3.05) is 11.9 Å². The van der Waals surface area contributed by atoms with Crippen molar-refractivity contribution in [3.63, 3.8) is 0 Å². The minimum Gasteiger partial charge on any atom is -0.387 e. The van der Waals surface area contributed by atoms with Gasteiger partial charge in [-0.1, -0.05) is 42.5 Å². The molecule has 5 nitrogen and oxygen atoms in total. The van der Waals surface area contributed by atoms with Gasteiger partial charge in [-0.2, -0.15) is 0 Å². The maximum absolute atomic E-state index is 10.8. The molecule has 2 aromatic carbocycles. The summed E-state index contributed by atoms with van der Waals surface area (Å²) in [5, 5.41) is 23.7. The standard InChI is InChI=1S/C14H14N2O3/c17-14(11-6-2-1-3-7-11)10-15-12-8-4-5-9-13(12)16(18)19/h1-9,14-15,17H,10H2. The topological polar surface area (TPSA) is 75.4 Å². The maximum Gasteiger partial charge on any atom is 0.292 e. The Morgan fingerprint density at radius 2 is 1.74 bits per heavy atom. The second kappa shape index (κ2) is 5.97. The fraction of sp³-hybridized carbons (Fsp3) is 0.143. The average molecular weight is 258 g/mol. The summed E-state index contributed by atoms with van der Waals surface area (Å²) in [5.74, 6) is 0. The number of hydrogen-bond acceptors (Lipinski definition) is 4. The van der Waals surface area contributed by atoms with Gasteiger partial charge in [-0.05, 0) is 11.6 Å². The number of rotatable bonds is 5. The van der Waals surface area contributed by atoms with Crippen LogP contribution in [-0.4, -0.2) is 16.6 Å². The van der Waals surface area contributed by atoms with Crippen LogP contribution in [0.5, 0.6) is 0 Å². The molecule has 0 aliphatic carbocycles. The number of para-hydroxylation sites is 2. The van der Waals surface area contributed by atoms with Crippen molar-refractivity contribution < 1.29 is 10.0 Å². The number of nitrogens with one attached hydrogen (secondary N) is 1. The fourth-order valence-electron chi connectivity index (χ4n) is 1.78. The van der Waals surface area contributed by atoms with Crippen LogP contribution in [-0.2, 0) is 0 Å². The van der Waals surface area contributed by atoms with Crippen molar-refractivity contribution in [2.45, 2.75) is 6.10 Å². The zero-order valence-corrected chi connectivity index (χ0v) is 10.2. The highest BCUT2D eigenvalue weighted by Crippen LogP contribution is 2.24. The van der Waals surface area contributed by atoms with Gasteiger partial charge in [-0.3, -0.25) is 10.1 Å². The van der Waals surface area contributed by atoms with E-state index in [-0.39, 0.29) is 12.2 Å². The van der Waals surface area contributed by atoms with Crippen molar-refractivity contribution in [1.29, 1.82) is 0 Å². The molecule has 0 amide bonds. The van der Waals surface area contributed by atoms with Crippen LogP contribution in [0, 0.1) is 10.1 Å². The van der Waals surface area contributed by atoms with Gasteiger partial charge in [-0.15, -0.1) is 0 Å². The summed E-state index contributed by atoms with van der Waals surface area (Å²) < 4.78 is 0. The molecule has 5 heteroatoms. The molecule has 2 rings (SSSR count). The molecule has 19 heavy (non-hydrogen) atoms. The Kier molecular flexibility index (Phi) is 4.10. The van der Waals surface area contributed by atoms with Crippen molar-refractivity contribution >= 4 is 11.4 Å². The Balaban J connectivity index is 2.05. The SMILES string of the molecule is O=[N+]([O-])c1ccccc1NCC(O)c1ccccc1. The summed E-state index contributed by atoms with van der Waals surface area (Å²) >= 11 is 0. The minimum atomic E-state index is -0.707. The van der Waals surface area contributed by atoms with Gasteiger partial charge in [0.2, 0.25) is 0 Å². The zero-order valence-electron chi connectivity index (χ0n) is 10.2. The minimum absolute atomic E-state index is 0.00256. The number of benzene rings is 2. The highest BCUT2D eigenvalue weighted by atomic mass is 16.6. The molecule has 0 saturated carbocycles. The third-order valence-electron chi connectivity index (χ3n) is 2.77. The van der Waals surface area contributed by atoms with E-state index in [1.165, 1.54) is 6.07 Å². The molecule has 98 valence electrons. The predicted octanol–water partition coefficient (Wildman–Crippen LogP) is 2.74. The molecule has 0 aliphatic heterocycles. The second-order valence-electron chi connectivity index (χ2n) is 4.08. The van der Waals surface area contributed by atoms with Crippen molar-refractivity contribution in [3.05, 3.63) is 70.3 Å². The summed E-state index contributed by atoms with van der Waals surface area (Å²) in [6.07, 6.45) is -0.707. The number of nitro groups is 1. The maximum atomic E-state index is 10.8. The van der Waals surface area contributed by atoms with Crippen LogP contribution in [0.4, 0.5) is 11.4 Å². The highest BCUT2D eigenvalue weighted by Gasteiger charge is 2.13. The number of hydrogen-bond donors (Lipinski definition) is 2. The van der Waals surface area contributed by atoms with E-state index in [0.29, 0.717) is 5.69 Å². The van der Waals surface area contributed by atoms with Gasteiger partial charge in [0, 0.05) is 12.6 Å². The molecule has 0 saturated heterocycles. The Bertz CT molecular complexity index is 558. The van der Waals surface area contributed by atoms with Gasteiger partial charge in [0.05, 0.1) is 11.0 Å². The molecule has 0 spiro atoms. The fourth-order valence-corrected chi connectivity index (χ4v) is 1.78. The first-order valence-electron chi connectivity index (χ1n) is 5.89. The molecule has 0 radical (unpaired) electrons.